The molecule has 0 spiro atoms. The molecule has 0 amide bonds. The minimum Gasteiger partial charge on any atom is -0.383 e. The smallest absolute Gasteiger partial charge is 0.253 e. The van der Waals surface area contributed by atoms with Gasteiger partial charge in [-0.25, -0.2) is 4.98 Å². The highest BCUT2D eigenvalue weighted by Crippen LogP contribution is 2.22. The van der Waals surface area contributed by atoms with Crippen LogP contribution in [0.25, 0.3) is 0 Å². The molecule has 16 heavy (non-hydrogen) atoms. The summed E-state index contributed by atoms with van der Waals surface area (Å²) < 4.78 is 0.393. The van der Waals surface area contributed by atoms with Gasteiger partial charge in [0.25, 0.3) is 5.56 Å². The van der Waals surface area contributed by atoms with Gasteiger partial charge in [0.2, 0.25) is 4.47 Å². The Bertz CT molecular complexity index is 554. The topological polar surface area (TPSA) is 97.6 Å². The molecule has 0 fully saturated rings. The number of nitrogens with zero attached hydrogens (tertiary/aromatic N) is 3. The van der Waals surface area contributed by atoms with Crippen LogP contribution < -0.4 is 11.3 Å². The molecule has 6 nitrogen and oxygen atoms in total. The molecule has 0 aliphatic rings. The van der Waals surface area contributed by atoms with Crippen LogP contribution in [-0.2, 0) is 5.75 Å². The molecule has 2 heterocycles. The predicted molar refractivity (Wildman–Crippen MR) is 63.8 cm³/mol. The molecule has 84 valence electrons. The third-order valence-corrected chi connectivity index (χ3v) is 3.60. The van der Waals surface area contributed by atoms with E-state index in [1.165, 1.54) is 29.2 Å². The number of aromatic nitrogens is 4. The van der Waals surface area contributed by atoms with Gasteiger partial charge in [0.1, 0.15) is 10.8 Å². The quantitative estimate of drug-likeness (QED) is 0.644. The van der Waals surface area contributed by atoms with E-state index >= 15 is 0 Å². The first-order valence-corrected chi connectivity index (χ1v) is 6.29. The summed E-state index contributed by atoms with van der Waals surface area (Å²) in [4.78, 5) is 17.6. The summed E-state index contributed by atoms with van der Waals surface area (Å²) in [6, 6.07) is 1.23. The molecule has 3 N–H and O–H groups in total. The molecule has 0 saturated carbocycles. The van der Waals surface area contributed by atoms with E-state index in [1.807, 2.05) is 0 Å². The van der Waals surface area contributed by atoms with Crippen molar-refractivity contribution in [1.82, 2.24) is 20.2 Å². The van der Waals surface area contributed by atoms with E-state index in [4.69, 9.17) is 17.3 Å². The summed E-state index contributed by atoms with van der Waals surface area (Å²) in [5, 5.41) is 8.73. The highest BCUT2D eigenvalue weighted by Gasteiger charge is 2.05. The van der Waals surface area contributed by atoms with Gasteiger partial charge in [-0.3, -0.25) is 4.79 Å². The lowest BCUT2D eigenvalue weighted by Gasteiger charge is -1.98. The SMILES string of the molecule is Nc1cc(=O)[nH]c(SCc2nnc(Cl)s2)n1. The van der Waals surface area contributed by atoms with Crippen LogP contribution in [0.2, 0.25) is 4.47 Å². The zero-order valence-corrected chi connectivity index (χ0v) is 10.2. The van der Waals surface area contributed by atoms with Gasteiger partial charge in [0.15, 0.2) is 5.16 Å². The van der Waals surface area contributed by atoms with Crippen molar-refractivity contribution in [3.05, 3.63) is 25.9 Å². The van der Waals surface area contributed by atoms with E-state index in [0.717, 1.165) is 5.01 Å². The van der Waals surface area contributed by atoms with E-state index in [9.17, 15) is 4.79 Å². The maximum atomic E-state index is 11.1. The Morgan fingerprint density at radius 1 is 1.56 bits per heavy atom. The number of nitrogens with one attached hydrogen (secondary N) is 1. The third kappa shape index (κ3) is 2.94. The fourth-order valence-corrected chi connectivity index (χ4v) is 2.68. The molecule has 0 bridgehead atoms. The summed E-state index contributed by atoms with van der Waals surface area (Å²) in [7, 11) is 0. The van der Waals surface area contributed by atoms with Crippen molar-refractivity contribution < 1.29 is 0 Å². The molecule has 0 aliphatic carbocycles. The molecule has 0 unspecified atom stereocenters. The highest BCUT2D eigenvalue weighted by atomic mass is 35.5. The number of anilines is 1. The van der Waals surface area contributed by atoms with Gasteiger partial charge >= 0.3 is 0 Å². The van der Waals surface area contributed by atoms with Crippen molar-refractivity contribution in [2.75, 3.05) is 5.73 Å². The number of thioether (sulfide) groups is 1. The van der Waals surface area contributed by atoms with Crippen LogP contribution in [0.15, 0.2) is 16.0 Å². The van der Waals surface area contributed by atoms with Crippen molar-refractivity contribution in [1.29, 1.82) is 0 Å². The number of H-pyrrole nitrogens is 1. The minimum atomic E-state index is -0.273. The van der Waals surface area contributed by atoms with Crippen LogP contribution in [0.3, 0.4) is 0 Å². The molecule has 0 atom stereocenters. The predicted octanol–water partition coefficient (Wildman–Crippen LogP) is 1.15. The van der Waals surface area contributed by atoms with Crippen LogP contribution in [0.4, 0.5) is 5.82 Å². The number of nitrogen functional groups attached to an aromatic ring is 1. The Morgan fingerprint density at radius 3 is 3.00 bits per heavy atom. The van der Waals surface area contributed by atoms with Crippen molar-refractivity contribution in [2.45, 2.75) is 10.9 Å². The zero-order chi connectivity index (χ0) is 11.5. The lowest BCUT2D eigenvalue weighted by molar-refractivity contribution is 0.942. The first kappa shape index (κ1) is 11.4. The van der Waals surface area contributed by atoms with Crippen molar-refractivity contribution in [3.8, 4) is 0 Å². The van der Waals surface area contributed by atoms with Gasteiger partial charge in [-0.1, -0.05) is 23.1 Å². The second-order valence-corrected chi connectivity index (χ2v) is 5.32. The molecular formula is C7H6ClN5OS2. The second-order valence-electron chi connectivity index (χ2n) is 2.71. The molecular weight excluding hydrogens is 270 g/mol. The van der Waals surface area contributed by atoms with Crippen LogP contribution in [0.1, 0.15) is 5.01 Å². The molecule has 0 saturated heterocycles. The number of nitrogens with two attached hydrogens (primary N) is 1. The average molecular weight is 276 g/mol. The van der Waals surface area contributed by atoms with Gasteiger partial charge in [0.05, 0.1) is 5.75 Å². The number of hydrogen-bond donors (Lipinski definition) is 2. The van der Waals surface area contributed by atoms with Crippen LogP contribution >= 0.6 is 34.7 Å². The average Bonchev–Trinajstić information content (AvgIpc) is 2.60. The molecule has 9 heteroatoms. The van der Waals surface area contributed by atoms with Gasteiger partial charge in [-0.15, -0.1) is 10.2 Å². The monoisotopic (exact) mass is 275 g/mol. The Kier molecular flexibility index (Phi) is 3.42. The summed E-state index contributed by atoms with van der Waals surface area (Å²) in [5.41, 5.74) is 5.17. The first-order chi connectivity index (χ1) is 7.63. The molecule has 2 aromatic heterocycles. The van der Waals surface area contributed by atoms with E-state index in [2.05, 4.69) is 20.2 Å². The van der Waals surface area contributed by atoms with Crippen molar-refractivity contribution >= 4 is 40.5 Å². The second kappa shape index (κ2) is 4.81. The first-order valence-electron chi connectivity index (χ1n) is 4.11. The standard InChI is InChI=1S/C7H6ClN5OS2/c8-6-13-12-5(16-6)2-15-7-10-3(9)1-4(14)11-7/h1H,2H2,(H3,9,10,11,14). The Morgan fingerprint density at radius 2 is 2.38 bits per heavy atom. The van der Waals surface area contributed by atoms with Gasteiger partial charge in [-0.05, 0) is 11.6 Å². The van der Waals surface area contributed by atoms with Crippen LogP contribution in [-0.4, -0.2) is 20.2 Å². The molecule has 0 radical (unpaired) electrons. The molecule has 0 aromatic carbocycles. The summed E-state index contributed by atoms with van der Waals surface area (Å²) in [6.45, 7) is 0. The molecule has 2 aromatic rings. The van der Waals surface area contributed by atoms with E-state index < -0.39 is 0 Å². The number of aromatic amines is 1. The van der Waals surface area contributed by atoms with Gasteiger partial charge in [-0.2, -0.15) is 0 Å². The van der Waals surface area contributed by atoms with Gasteiger partial charge < -0.3 is 10.7 Å². The molecule has 0 aliphatic heterocycles. The lowest BCUT2D eigenvalue weighted by Crippen LogP contribution is -2.09. The van der Waals surface area contributed by atoms with Gasteiger partial charge in [0, 0.05) is 6.07 Å². The fraction of sp³-hybridized carbons (Fsp3) is 0.143. The Balaban J connectivity index is 2.07. The fourth-order valence-electron chi connectivity index (χ4n) is 0.943. The summed E-state index contributed by atoms with van der Waals surface area (Å²) in [6.07, 6.45) is 0. The summed E-state index contributed by atoms with van der Waals surface area (Å²) >= 11 is 8.24. The maximum absolute atomic E-state index is 11.1. The normalized spacial score (nSPS) is 10.6. The lowest BCUT2D eigenvalue weighted by atomic mass is 10.6. The number of rotatable bonds is 3. The largest absolute Gasteiger partial charge is 0.383 e. The zero-order valence-electron chi connectivity index (χ0n) is 7.81. The Labute approximate surface area is 103 Å². The number of hydrogen-bond acceptors (Lipinski definition) is 7. The van der Waals surface area contributed by atoms with E-state index in [-0.39, 0.29) is 11.4 Å². The highest BCUT2D eigenvalue weighted by molar-refractivity contribution is 7.98. The van der Waals surface area contributed by atoms with E-state index in [0.29, 0.717) is 15.4 Å². The van der Waals surface area contributed by atoms with Crippen LogP contribution in [0, 0.1) is 0 Å². The van der Waals surface area contributed by atoms with E-state index in [1.54, 1.807) is 0 Å². The third-order valence-electron chi connectivity index (χ3n) is 1.51. The number of halogens is 1. The van der Waals surface area contributed by atoms with Crippen LogP contribution in [0.5, 0.6) is 0 Å². The maximum Gasteiger partial charge on any atom is 0.253 e. The summed E-state index contributed by atoms with van der Waals surface area (Å²) in [5.74, 6) is 0.734. The minimum absolute atomic E-state index is 0.196. The molecule has 2 rings (SSSR count). The van der Waals surface area contributed by atoms with Crippen molar-refractivity contribution in [3.63, 3.8) is 0 Å². The van der Waals surface area contributed by atoms with Crippen molar-refractivity contribution in [2.24, 2.45) is 0 Å². The Hall–Kier alpha value is -1.12.